The first kappa shape index (κ1) is 14.9. The van der Waals surface area contributed by atoms with Gasteiger partial charge >= 0.3 is 0 Å². The zero-order chi connectivity index (χ0) is 17.0. The average Bonchev–Trinajstić information content (AvgIpc) is 3.44. The molecule has 25 heavy (non-hydrogen) atoms. The highest BCUT2D eigenvalue weighted by molar-refractivity contribution is 5.91. The maximum absolute atomic E-state index is 12.4. The van der Waals surface area contributed by atoms with E-state index < -0.39 is 0 Å². The lowest BCUT2D eigenvalue weighted by Crippen LogP contribution is -2.44. The number of hydrogen-bond acceptors (Lipinski definition) is 4. The number of fused-ring (bicyclic) bond motifs is 1. The third-order valence-corrected chi connectivity index (χ3v) is 6.52. The van der Waals surface area contributed by atoms with Crippen LogP contribution in [0.3, 0.4) is 0 Å². The highest BCUT2D eigenvalue weighted by atomic mass is 16.1. The smallest absolute Gasteiger partial charge is 0.268 e. The second-order valence-electron chi connectivity index (χ2n) is 8.04. The Morgan fingerprint density at radius 3 is 2.56 bits per heavy atom. The van der Waals surface area contributed by atoms with Crippen molar-refractivity contribution in [2.75, 3.05) is 18.0 Å². The molecule has 2 aliphatic carbocycles. The molecule has 5 rings (SSSR count). The second-order valence-corrected chi connectivity index (χ2v) is 8.04. The lowest BCUT2D eigenvalue weighted by molar-refractivity contribution is 0.0955. The minimum Gasteiger partial charge on any atom is -0.368 e. The van der Waals surface area contributed by atoms with Crippen molar-refractivity contribution < 1.29 is 0 Å². The molecule has 0 radical (unpaired) electrons. The summed E-state index contributed by atoms with van der Waals surface area (Å²) < 4.78 is 0. The summed E-state index contributed by atoms with van der Waals surface area (Å²) in [6, 6.07) is 6.12. The molecule has 5 heteroatoms. The highest BCUT2D eigenvalue weighted by Crippen LogP contribution is 2.49. The van der Waals surface area contributed by atoms with E-state index in [4.69, 9.17) is 4.98 Å². The van der Waals surface area contributed by atoms with Crippen LogP contribution in [-0.4, -0.2) is 23.1 Å². The Morgan fingerprint density at radius 1 is 1.20 bits per heavy atom. The zero-order valence-corrected chi connectivity index (χ0v) is 14.3. The number of aromatic nitrogens is 2. The minimum absolute atomic E-state index is 0.220. The van der Waals surface area contributed by atoms with Crippen LogP contribution < -0.4 is 10.5 Å². The summed E-state index contributed by atoms with van der Waals surface area (Å²) in [5.41, 5.74) is 3.85. The number of pyridine rings is 2. The van der Waals surface area contributed by atoms with Gasteiger partial charge in [0.1, 0.15) is 17.1 Å². The summed E-state index contributed by atoms with van der Waals surface area (Å²) in [6.45, 7) is 1.84. The third-order valence-electron chi connectivity index (χ3n) is 6.52. The van der Waals surface area contributed by atoms with Gasteiger partial charge in [-0.05, 0) is 56.1 Å². The topological polar surface area (TPSA) is 72.8 Å². The molecule has 1 spiro atoms. The van der Waals surface area contributed by atoms with E-state index in [1.54, 1.807) is 0 Å². The van der Waals surface area contributed by atoms with Gasteiger partial charge < -0.3 is 9.88 Å². The second kappa shape index (κ2) is 5.32. The van der Waals surface area contributed by atoms with Crippen molar-refractivity contribution in [3.05, 3.63) is 33.7 Å². The van der Waals surface area contributed by atoms with E-state index in [-0.39, 0.29) is 11.1 Å². The molecule has 0 unspecified atom stereocenters. The molecule has 0 bridgehead atoms. The predicted molar refractivity (Wildman–Crippen MR) is 96.8 cm³/mol. The van der Waals surface area contributed by atoms with Gasteiger partial charge in [0.15, 0.2) is 0 Å². The number of aromatic amines is 1. The standard InChI is InChI=1S/C20H22N4O/c21-12-14-18(24-10-8-20(9-11-24)6-1-7-20)17-16(23-19(14)25)5-4-15(22-17)13-2-3-13/h4-5,13H,1-3,6-11H2,(H,23,25). The summed E-state index contributed by atoms with van der Waals surface area (Å²) >= 11 is 0. The molecule has 3 heterocycles. The molecule has 5 nitrogen and oxygen atoms in total. The van der Waals surface area contributed by atoms with Crippen LogP contribution in [0.1, 0.15) is 62.1 Å². The number of piperidine rings is 1. The van der Waals surface area contributed by atoms with Crippen LogP contribution in [0.5, 0.6) is 0 Å². The monoisotopic (exact) mass is 334 g/mol. The molecule has 2 aromatic rings. The number of rotatable bonds is 2. The van der Waals surface area contributed by atoms with E-state index in [1.807, 2.05) is 12.1 Å². The third kappa shape index (κ3) is 2.35. The molecule has 3 aliphatic rings. The Morgan fingerprint density at radius 2 is 1.96 bits per heavy atom. The Bertz CT molecular complexity index is 937. The van der Waals surface area contributed by atoms with Crippen LogP contribution in [0.15, 0.2) is 16.9 Å². The molecule has 128 valence electrons. The van der Waals surface area contributed by atoms with Gasteiger partial charge in [0.05, 0.1) is 11.2 Å². The van der Waals surface area contributed by atoms with Crippen molar-refractivity contribution in [3.8, 4) is 6.07 Å². The first-order valence-electron chi connectivity index (χ1n) is 9.41. The maximum atomic E-state index is 12.4. The molecular weight excluding hydrogens is 312 g/mol. The maximum Gasteiger partial charge on any atom is 0.268 e. The van der Waals surface area contributed by atoms with Crippen molar-refractivity contribution in [2.45, 2.75) is 50.9 Å². The fourth-order valence-corrected chi connectivity index (χ4v) is 4.57. The summed E-state index contributed by atoms with van der Waals surface area (Å²) in [5.74, 6) is 0.550. The first-order valence-corrected chi connectivity index (χ1v) is 9.41. The summed E-state index contributed by atoms with van der Waals surface area (Å²) in [7, 11) is 0. The normalized spacial score (nSPS) is 22.0. The van der Waals surface area contributed by atoms with Gasteiger partial charge in [-0.15, -0.1) is 0 Å². The van der Waals surface area contributed by atoms with Gasteiger partial charge in [0.25, 0.3) is 5.56 Å². The summed E-state index contributed by atoms with van der Waals surface area (Å²) in [6.07, 6.45) is 8.73. The largest absolute Gasteiger partial charge is 0.368 e. The number of nitrogens with one attached hydrogen (secondary N) is 1. The molecule has 2 aromatic heterocycles. The van der Waals surface area contributed by atoms with Crippen LogP contribution in [0, 0.1) is 16.7 Å². The number of H-pyrrole nitrogens is 1. The number of anilines is 1. The summed E-state index contributed by atoms with van der Waals surface area (Å²) in [4.78, 5) is 22.4. The van der Waals surface area contributed by atoms with Gasteiger partial charge in [0.2, 0.25) is 0 Å². The number of hydrogen-bond donors (Lipinski definition) is 1. The SMILES string of the molecule is N#Cc1c(N2CCC3(CCC3)CC2)c2nc(C3CC3)ccc2[nH]c1=O. The molecule has 1 N–H and O–H groups in total. The quantitative estimate of drug-likeness (QED) is 0.913. The molecular formula is C20H22N4O. The summed E-state index contributed by atoms with van der Waals surface area (Å²) in [5, 5.41) is 9.62. The van der Waals surface area contributed by atoms with E-state index in [1.165, 1.54) is 32.1 Å². The van der Waals surface area contributed by atoms with E-state index in [2.05, 4.69) is 16.0 Å². The van der Waals surface area contributed by atoms with Crippen molar-refractivity contribution >= 4 is 16.7 Å². The fraction of sp³-hybridized carbons (Fsp3) is 0.550. The van der Waals surface area contributed by atoms with Crippen LogP contribution in [0.2, 0.25) is 0 Å². The van der Waals surface area contributed by atoms with Gasteiger partial charge in [0, 0.05) is 24.7 Å². The van der Waals surface area contributed by atoms with Crippen molar-refractivity contribution in [1.82, 2.24) is 9.97 Å². The first-order chi connectivity index (χ1) is 12.2. The average molecular weight is 334 g/mol. The molecule has 3 fully saturated rings. The van der Waals surface area contributed by atoms with Crippen molar-refractivity contribution in [2.24, 2.45) is 5.41 Å². The van der Waals surface area contributed by atoms with E-state index in [0.29, 0.717) is 11.3 Å². The van der Waals surface area contributed by atoms with Crippen LogP contribution in [0.4, 0.5) is 5.69 Å². The van der Waals surface area contributed by atoms with Crippen molar-refractivity contribution in [3.63, 3.8) is 0 Å². The molecule has 0 atom stereocenters. The van der Waals surface area contributed by atoms with Crippen molar-refractivity contribution in [1.29, 1.82) is 5.26 Å². The molecule has 2 saturated carbocycles. The van der Waals surface area contributed by atoms with E-state index in [9.17, 15) is 10.1 Å². The van der Waals surface area contributed by atoms with E-state index in [0.717, 1.165) is 48.3 Å². The molecule has 0 amide bonds. The van der Waals surface area contributed by atoms with Crippen LogP contribution in [0.25, 0.3) is 11.0 Å². The Balaban J connectivity index is 1.62. The Labute approximate surface area is 146 Å². The molecule has 1 saturated heterocycles. The van der Waals surface area contributed by atoms with Gasteiger partial charge in [-0.1, -0.05) is 6.42 Å². The Hall–Kier alpha value is -2.35. The van der Waals surface area contributed by atoms with Gasteiger partial charge in [-0.3, -0.25) is 4.79 Å². The van der Waals surface area contributed by atoms with Crippen LogP contribution in [-0.2, 0) is 0 Å². The van der Waals surface area contributed by atoms with Gasteiger partial charge in [-0.2, -0.15) is 5.26 Å². The highest BCUT2D eigenvalue weighted by Gasteiger charge is 2.40. The van der Waals surface area contributed by atoms with Crippen LogP contribution >= 0.6 is 0 Å². The minimum atomic E-state index is -0.296. The van der Waals surface area contributed by atoms with Gasteiger partial charge in [-0.25, -0.2) is 4.98 Å². The number of nitrogens with zero attached hydrogens (tertiary/aromatic N) is 3. The fourth-order valence-electron chi connectivity index (χ4n) is 4.57. The number of nitriles is 1. The lowest BCUT2D eigenvalue weighted by Gasteiger charge is -2.48. The van der Waals surface area contributed by atoms with E-state index >= 15 is 0 Å². The molecule has 1 aliphatic heterocycles. The Kier molecular flexibility index (Phi) is 3.18. The lowest BCUT2D eigenvalue weighted by atomic mass is 9.63. The zero-order valence-electron chi connectivity index (χ0n) is 14.3. The predicted octanol–water partition coefficient (Wildman–Crippen LogP) is 3.44. The molecule has 0 aromatic carbocycles.